The fourth-order valence-electron chi connectivity index (χ4n) is 0.883. The molecule has 0 spiro atoms. The molecule has 0 bridgehead atoms. The van der Waals surface area contributed by atoms with Crippen LogP contribution in [0.25, 0.3) is 0 Å². The van der Waals surface area contributed by atoms with Gasteiger partial charge in [0.1, 0.15) is 12.4 Å². The molecule has 0 aliphatic carbocycles. The second-order valence-electron chi connectivity index (χ2n) is 2.47. The van der Waals surface area contributed by atoms with Gasteiger partial charge < -0.3 is 15.6 Å². The van der Waals surface area contributed by atoms with Gasteiger partial charge in [0, 0.05) is 12.6 Å². The van der Waals surface area contributed by atoms with E-state index in [0.29, 0.717) is 18.2 Å². The molecule has 72 valence electrons. The largest absolute Gasteiger partial charge is 0.478 e. The number of ether oxygens (including phenoxy) is 1. The second-order valence-corrected chi connectivity index (χ2v) is 2.47. The predicted molar refractivity (Wildman–Crippen MR) is 47.2 cm³/mol. The molecule has 3 N–H and O–H groups in total. The number of aromatic nitrogens is 2. The van der Waals surface area contributed by atoms with Crippen LogP contribution in [-0.2, 0) is 0 Å². The molecule has 5 heteroatoms. The molecule has 5 nitrogen and oxygen atoms in total. The highest BCUT2D eigenvalue weighted by Crippen LogP contribution is 2.12. The number of hydrogen-bond donors (Lipinski definition) is 2. The number of aliphatic hydroxyl groups excluding tert-OH is 1. The van der Waals surface area contributed by atoms with Crippen LogP contribution in [0, 0.1) is 0 Å². The highest BCUT2D eigenvalue weighted by atomic mass is 16.5. The van der Waals surface area contributed by atoms with E-state index >= 15 is 0 Å². The van der Waals surface area contributed by atoms with Crippen molar-refractivity contribution in [2.24, 2.45) is 5.73 Å². The first-order valence-electron chi connectivity index (χ1n) is 4.10. The lowest BCUT2D eigenvalue weighted by atomic mass is 10.2. The molecule has 0 amide bonds. The third-order valence-corrected chi connectivity index (χ3v) is 1.52. The Balaban J connectivity index is 2.78. The summed E-state index contributed by atoms with van der Waals surface area (Å²) in [5.41, 5.74) is 5.76. The normalized spacial score (nSPS) is 12.5. The molecule has 1 atom stereocenters. The Hall–Kier alpha value is -1.20. The smallest absolute Gasteiger partial charge is 0.216 e. The van der Waals surface area contributed by atoms with Crippen LogP contribution in [0.4, 0.5) is 0 Å². The van der Waals surface area contributed by atoms with E-state index in [4.69, 9.17) is 10.5 Å². The second kappa shape index (κ2) is 4.74. The number of aliphatic hydroxyl groups is 1. The number of rotatable bonds is 4. The molecule has 0 aromatic carbocycles. The summed E-state index contributed by atoms with van der Waals surface area (Å²) in [6.45, 7) is 2.54. The summed E-state index contributed by atoms with van der Waals surface area (Å²) in [6, 6.07) is 1.58. The Morgan fingerprint density at radius 1 is 1.62 bits per heavy atom. The maximum absolute atomic E-state index is 9.35. The fourth-order valence-corrected chi connectivity index (χ4v) is 0.883. The van der Waals surface area contributed by atoms with Gasteiger partial charge in [-0.1, -0.05) is 0 Å². The average Bonchev–Trinajstić information content (AvgIpc) is 2.18. The van der Waals surface area contributed by atoms with Crippen LogP contribution in [0.2, 0.25) is 0 Å². The molecular formula is C8H13N3O2. The van der Waals surface area contributed by atoms with Gasteiger partial charge in [-0.3, -0.25) is 0 Å². The molecular weight excluding hydrogens is 170 g/mol. The van der Waals surface area contributed by atoms with Crippen molar-refractivity contribution in [2.75, 3.05) is 13.2 Å². The molecule has 1 aromatic heterocycles. The van der Waals surface area contributed by atoms with Gasteiger partial charge in [0.05, 0.1) is 12.3 Å². The molecule has 0 saturated carbocycles. The minimum Gasteiger partial charge on any atom is -0.478 e. The van der Waals surface area contributed by atoms with Gasteiger partial charge in [0.25, 0.3) is 0 Å². The van der Waals surface area contributed by atoms with Crippen molar-refractivity contribution in [3.05, 3.63) is 18.1 Å². The lowest BCUT2D eigenvalue weighted by Crippen LogP contribution is -2.13. The van der Waals surface area contributed by atoms with Crippen LogP contribution in [0.1, 0.15) is 18.7 Å². The van der Waals surface area contributed by atoms with E-state index < -0.39 is 6.10 Å². The molecule has 0 aliphatic heterocycles. The zero-order valence-electron chi connectivity index (χ0n) is 7.47. The van der Waals surface area contributed by atoms with Crippen molar-refractivity contribution in [2.45, 2.75) is 13.0 Å². The van der Waals surface area contributed by atoms with Gasteiger partial charge in [0.2, 0.25) is 5.88 Å². The van der Waals surface area contributed by atoms with E-state index in [1.807, 2.05) is 6.92 Å². The number of nitrogens with two attached hydrogens (primary N) is 1. The minimum atomic E-state index is -0.748. The average molecular weight is 183 g/mol. The fraction of sp³-hybridized carbons (Fsp3) is 0.500. The van der Waals surface area contributed by atoms with Crippen molar-refractivity contribution in [1.82, 2.24) is 9.97 Å². The van der Waals surface area contributed by atoms with Crippen LogP contribution in [0.15, 0.2) is 12.4 Å². The van der Waals surface area contributed by atoms with Crippen LogP contribution in [-0.4, -0.2) is 28.2 Å². The SMILES string of the molecule is CCOc1cc(C(O)CN)ncn1. The third kappa shape index (κ3) is 2.64. The summed E-state index contributed by atoms with van der Waals surface area (Å²) in [5.74, 6) is 0.458. The highest BCUT2D eigenvalue weighted by Gasteiger charge is 2.07. The van der Waals surface area contributed by atoms with Gasteiger partial charge in [-0.05, 0) is 6.92 Å². The van der Waals surface area contributed by atoms with Crippen molar-refractivity contribution in [3.8, 4) is 5.88 Å². The zero-order valence-corrected chi connectivity index (χ0v) is 7.47. The molecule has 1 aromatic rings. The first kappa shape index (κ1) is 9.88. The standard InChI is InChI=1S/C8H13N3O2/c1-2-13-8-3-6(7(12)4-9)10-5-11-8/h3,5,7,12H,2,4,9H2,1H3. The topological polar surface area (TPSA) is 81.3 Å². The molecule has 0 fully saturated rings. The third-order valence-electron chi connectivity index (χ3n) is 1.52. The molecule has 0 saturated heterocycles. The van der Waals surface area contributed by atoms with E-state index in [0.717, 1.165) is 0 Å². The Morgan fingerprint density at radius 2 is 2.38 bits per heavy atom. The van der Waals surface area contributed by atoms with Crippen LogP contribution < -0.4 is 10.5 Å². The summed E-state index contributed by atoms with van der Waals surface area (Å²) in [5, 5.41) is 9.35. The van der Waals surface area contributed by atoms with Crippen LogP contribution in [0.5, 0.6) is 5.88 Å². The maximum Gasteiger partial charge on any atom is 0.216 e. The van der Waals surface area contributed by atoms with Crippen molar-refractivity contribution >= 4 is 0 Å². The monoisotopic (exact) mass is 183 g/mol. The predicted octanol–water partition coefficient (Wildman–Crippen LogP) is -0.133. The van der Waals surface area contributed by atoms with Gasteiger partial charge >= 0.3 is 0 Å². The van der Waals surface area contributed by atoms with Gasteiger partial charge in [-0.15, -0.1) is 0 Å². The molecule has 1 unspecified atom stereocenters. The van der Waals surface area contributed by atoms with E-state index in [1.54, 1.807) is 6.07 Å². The first-order valence-corrected chi connectivity index (χ1v) is 4.10. The lowest BCUT2D eigenvalue weighted by Gasteiger charge is -2.07. The maximum atomic E-state index is 9.35. The summed E-state index contributed by atoms with van der Waals surface area (Å²) >= 11 is 0. The Morgan fingerprint density at radius 3 is 3.00 bits per heavy atom. The van der Waals surface area contributed by atoms with E-state index in [-0.39, 0.29) is 6.54 Å². The van der Waals surface area contributed by atoms with Crippen molar-refractivity contribution < 1.29 is 9.84 Å². The molecule has 0 aliphatic rings. The van der Waals surface area contributed by atoms with E-state index in [2.05, 4.69) is 9.97 Å². The summed E-state index contributed by atoms with van der Waals surface area (Å²) in [4.78, 5) is 7.73. The van der Waals surface area contributed by atoms with Crippen LogP contribution >= 0.6 is 0 Å². The van der Waals surface area contributed by atoms with E-state index in [1.165, 1.54) is 6.33 Å². The summed E-state index contributed by atoms with van der Waals surface area (Å²) in [7, 11) is 0. The number of hydrogen-bond acceptors (Lipinski definition) is 5. The molecule has 0 radical (unpaired) electrons. The molecule has 13 heavy (non-hydrogen) atoms. The van der Waals surface area contributed by atoms with Gasteiger partial charge in [0.15, 0.2) is 0 Å². The van der Waals surface area contributed by atoms with Crippen molar-refractivity contribution in [1.29, 1.82) is 0 Å². The van der Waals surface area contributed by atoms with Crippen LogP contribution in [0.3, 0.4) is 0 Å². The zero-order chi connectivity index (χ0) is 9.68. The Bertz CT molecular complexity index is 267. The highest BCUT2D eigenvalue weighted by molar-refractivity contribution is 5.15. The van der Waals surface area contributed by atoms with Crippen molar-refractivity contribution in [3.63, 3.8) is 0 Å². The molecule has 1 rings (SSSR count). The quantitative estimate of drug-likeness (QED) is 0.679. The minimum absolute atomic E-state index is 0.141. The molecule has 1 heterocycles. The van der Waals surface area contributed by atoms with Gasteiger partial charge in [-0.2, -0.15) is 0 Å². The Labute approximate surface area is 76.6 Å². The first-order chi connectivity index (χ1) is 6.27. The van der Waals surface area contributed by atoms with E-state index in [9.17, 15) is 5.11 Å². The number of nitrogens with zero attached hydrogens (tertiary/aromatic N) is 2. The lowest BCUT2D eigenvalue weighted by molar-refractivity contribution is 0.180. The van der Waals surface area contributed by atoms with Gasteiger partial charge in [-0.25, -0.2) is 9.97 Å². The summed E-state index contributed by atoms with van der Waals surface area (Å²) < 4.78 is 5.14. The Kier molecular flexibility index (Phi) is 3.60. The summed E-state index contributed by atoms with van der Waals surface area (Å²) in [6.07, 6.45) is 0.598.